The van der Waals surface area contributed by atoms with Crippen molar-refractivity contribution in [1.82, 2.24) is 5.32 Å². The minimum absolute atomic E-state index is 0.220. The lowest BCUT2D eigenvalue weighted by atomic mass is 10.1. The van der Waals surface area contributed by atoms with Gasteiger partial charge in [0, 0.05) is 18.7 Å². The first-order valence-corrected chi connectivity index (χ1v) is 6.85. The number of ether oxygens (including phenoxy) is 3. The summed E-state index contributed by atoms with van der Waals surface area (Å²) in [5.41, 5.74) is 0.785. The predicted molar refractivity (Wildman–Crippen MR) is 77.1 cm³/mol. The highest BCUT2D eigenvalue weighted by molar-refractivity contribution is 5.74. The van der Waals surface area contributed by atoms with E-state index in [1.165, 1.54) is 0 Å². The normalized spacial score (nSPS) is 15.4. The number of carboxylic acid groups (broad SMARTS) is 1. The van der Waals surface area contributed by atoms with Gasteiger partial charge in [0.05, 0.1) is 26.9 Å². The Morgan fingerprint density at radius 2 is 1.81 bits per heavy atom. The molecule has 0 amide bonds. The second kappa shape index (κ2) is 6.67. The Kier molecular flexibility index (Phi) is 4.90. The summed E-state index contributed by atoms with van der Waals surface area (Å²) >= 11 is 0. The first-order valence-electron chi connectivity index (χ1n) is 6.85. The van der Waals surface area contributed by atoms with Gasteiger partial charge in [0.15, 0.2) is 0 Å². The molecule has 1 unspecified atom stereocenters. The summed E-state index contributed by atoms with van der Waals surface area (Å²) < 4.78 is 15.9. The van der Waals surface area contributed by atoms with Gasteiger partial charge in [-0.25, -0.2) is 0 Å². The molecular weight excluding hydrogens is 274 g/mol. The molecule has 1 atom stereocenters. The molecule has 1 aliphatic rings. The number of hydrogen-bond donors (Lipinski definition) is 2. The molecule has 2 N–H and O–H groups in total. The molecule has 0 spiro atoms. The van der Waals surface area contributed by atoms with E-state index in [1.807, 2.05) is 0 Å². The molecule has 116 valence electrons. The Bertz CT molecular complexity index is 488. The summed E-state index contributed by atoms with van der Waals surface area (Å²) in [6.07, 6.45) is 1.92. The molecule has 21 heavy (non-hydrogen) atoms. The molecule has 0 radical (unpaired) electrons. The van der Waals surface area contributed by atoms with Crippen molar-refractivity contribution in [3.63, 3.8) is 0 Å². The lowest BCUT2D eigenvalue weighted by molar-refractivity contribution is -0.140. The largest absolute Gasteiger partial charge is 0.496 e. The van der Waals surface area contributed by atoms with Gasteiger partial charge < -0.3 is 19.3 Å². The zero-order valence-electron chi connectivity index (χ0n) is 12.5. The van der Waals surface area contributed by atoms with E-state index < -0.39 is 12.0 Å². The Morgan fingerprint density at radius 3 is 2.19 bits per heavy atom. The van der Waals surface area contributed by atoms with Crippen molar-refractivity contribution in [2.75, 3.05) is 21.3 Å². The summed E-state index contributed by atoms with van der Waals surface area (Å²) in [7, 11) is 4.69. The highest BCUT2D eigenvalue weighted by atomic mass is 16.5. The third-order valence-corrected chi connectivity index (χ3v) is 3.68. The van der Waals surface area contributed by atoms with Crippen molar-refractivity contribution in [3.05, 3.63) is 17.7 Å². The van der Waals surface area contributed by atoms with E-state index in [1.54, 1.807) is 33.5 Å². The number of benzene rings is 1. The predicted octanol–water partition coefficient (Wildman–Crippen LogP) is 1.67. The molecule has 0 bridgehead atoms. The second-order valence-corrected chi connectivity index (χ2v) is 5.04. The zero-order valence-corrected chi connectivity index (χ0v) is 12.5. The first-order chi connectivity index (χ1) is 10.1. The number of aliphatic carboxylic acids is 1. The van der Waals surface area contributed by atoms with Crippen molar-refractivity contribution in [2.24, 2.45) is 5.92 Å². The van der Waals surface area contributed by atoms with Crippen LogP contribution in [0.4, 0.5) is 0 Å². The fourth-order valence-electron chi connectivity index (χ4n) is 2.35. The summed E-state index contributed by atoms with van der Waals surface area (Å²) in [5.74, 6) is 1.25. The summed E-state index contributed by atoms with van der Waals surface area (Å²) in [4.78, 5) is 11.3. The quantitative estimate of drug-likeness (QED) is 0.759. The van der Waals surface area contributed by atoms with Crippen molar-refractivity contribution >= 4 is 5.97 Å². The van der Waals surface area contributed by atoms with Crippen LogP contribution in [0.5, 0.6) is 17.2 Å². The van der Waals surface area contributed by atoms with Gasteiger partial charge in [0.25, 0.3) is 0 Å². The number of methoxy groups -OCH3 is 3. The van der Waals surface area contributed by atoms with E-state index in [0.717, 1.165) is 18.4 Å². The second-order valence-electron chi connectivity index (χ2n) is 5.04. The Morgan fingerprint density at radius 1 is 1.24 bits per heavy atom. The van der Waals surface area contributed by atoms with E-state index in [4.69, 9.17) is 14.2 Å². The van der Waals surface area contributed by atoms with Crippen LogP contribution in [0.15, 0.2) is 12.1 Å². The van der Waals surface area contributed by atoms with Gasteiger partial charge in [0.2, 0.25) is 0 Å². The Labute approximate surface area is 124 Å². The number of nitrogens with one attached hydrogen (secondary N) is 1. The molecule has 0 saturated heterocycles. The van der Waals surface area contributed by atoms with Crippen LogP contribution in [-0.4, -0.2) is 38.4 Å². The summed E-state index contributed by atoms with van der Waals surface area (Å²) in [6, 6.07) is 2.99. The van der Waals surface area contributed by atoms with E-state index >= 15 is 0 Å². The lowest BCUT2D eigenvalue weighted by Crippen LogP contribution is -2.38. The molecule has 0 aliphatic heterocycles. The van der Waals surface area contributed by atoms with Crippen LogP contribution in [0.3, 0.4) is 0 Å². The maximum absolute atomic E-state index is 11.3. The number of hydrogen-bond acceptors (Lipinski definition) is 5. The van der Waals surface area contributed by atoms with Crippen LogP contribution in [0.25, 0.3) is 0 Å². The van der Waals surface area contributed by atoms with Crippen molar-refractivity contribution in [1.29, 1.82) is 0 Å². The SMILES string of the molecule is COc1cc(OC)c(CNC(C(=O)O)C2CC2)c(OC)c1. The van der Waals surface area contributed by atoms with Crippen LogP contribution in [0, 0.1) is 5.92 Å². The molecular formula is C15H21NO5. The molecule has 2 rings (SSSR count). The van der Waals surface area contributed by atoms with Crippen molar-refractivity contribution in [2.45, 2.75) is 25.4 Å². The average Bonchev–Trinajstić information content (AvgIpc) is 3.31. The monoisotopic (exact) mass is 295 g/mol. The van der Waals surface area contributed by atoms with E-state index in [2.05, 4.69) is 5.32 Å². The minimum Gasteiger partial charge on any atom is -0.496 e. The highest BCUT2D eigenvalue weighted by Crippen LogP contribution is 2.36. The van der Waals surface area contributed by atoms with Crippen LogP contribution in [0.1, 0.15) is 18.4 Å². The van der Waals surface area contributed by atoms with E-state index in [-0.39, 0.29) is 5.92 Å². The Balaban J connectivity index is 2.19. The fraction of sp³-hybridized carbons (Fsp3) is 0.533. The molecule has 0 heterocycles. The highest BCUT2D eigenvalue weighted by Gasteiger charge is 2.36. The van der Waals surface area contributed by atoms with Gasteiger partial charge in [-0.05, 0) is 18.8 Å². The smallest absolute Gasteiger partial charge is 0.320 e. The van der Waals surface area contributed by atoms with E-state index in [0.29, 0.717) is 23.8 Å². The minimum atomic E-state index is -0.816. The molecule has 6 nitrogen and oxygen atoms in total. The van der Waals surface area contributed by atoms with Gasteiger partial charge in [-0.1, -0.05) is 0 Å². The summed E-state index contributed by atoms with van der Waals surface area (Å²) in [5, 5.41) is 12.3. The topological polar surface area (TPSA) is 77.0 Å². The van der Waals surface area contributed by atoms with Crippen LogP contribution in [-0.2, 0) is 11.3 Å². The number of rotatable bonds is 8. The lowest BCUT2D eigenvalue weighted by Gasteiger charge is -2.18. The van der Waals surface area contributed by atoms with Gasteiger partial charge in [-0.2, -0.15) is 0 Å². The molecule has 0 aromatic heterocycles. The van der Waals surface area contributed by atoms with Crippen LogP contribution in [0.2, 0.25) is 0 Å². The maximum Gasteiger partial charge on any atom is 0.320 e. The van der Waals surface area contributed by atoms with Crippen molar-refractivity contribution < 1.29 is 24.1 Å². The van der Waals surface area contributed by atoms with Crippen molar-refractivity contribution in [3.8, 4) is 17.2 Å². The molecule has 1 aromatic carbocycles. The first kappa shape index (κ1) is 15.4. The molecule has 6 heteroatoms. The van der Waals surface area contributed by atoms with Gasteiger partial charge in [-0.3, -0.25) is 10.1 Å². The zero-order chi connectivity index (χ0) is 15.4. The molecule has 1 fully saturated rings. The average molecular weight is 295 g/mol. The fourth-order valence-corrected chi connectivity index (χ4v) is 2.35. The maximum atomic E-state index is 11.3. The van der Waals surface area contributed by atoms with Gasteiger partial charge in [0.1, 0.15) is 23.3 Å². The number of carboxylic acids is 1. The van der Waals surface area contributed by atoms with Crippen LogP contribution >= 0.6 is 0 Å². The van der Waals surface area contributed by atoms with E-state index in [9.17, 15) is 9.90 Å². The van der Waals surface area contributed by atoms with Gasteiger partial charge >= 0.3 is 5.97 Å². The number of carbonyl (C=O) groups is 1. The standard InChI is InChI=1S/C15H21NO5/c1-19-10-6-12(20-2)11(13(7-10)21-3)8-16-14(15(17)18)9-4-5-9/h6-7,9,14,16H,4-5,8H2,1-3H3,(H,17,18). The third-order valence-electron chi connectivity index (χ3n) is 3.68. The molecule has 1 aromatic rings. The Hall–Kier alpha value is -1.95. The molecule has 1 saturated carbocycles. The van der Waals surface area contributed by atoms with Gasteiger partial charge in [-0.15, -0.1) is 0 Å². The summed E-state index contributed by atoms with van der Waals surface area (Å²) in [6.45, 7) is 0.365. The third kappa shape index (κ3) is 3.58. The molecule has 1 aliphatic carbocycles. The van der Waals surface area contributed by atoms with Crippen LogP contribution < -0.4 is 19.5 Å².